The number of aliphatic hydroxyl groups excluding tert-OH is 1. The van der Waals surface area contributed by atoms with E-state index in [9.17, 15) is 5.11 Å². The Morgan fingerprint density at radius 2 is 2.14 bits per heavy atom. The summed E-state index contributed by atoms with van der Waals surface area (Å²) in [6.45, 7) is 4.16. The zero-order chi connectivity index (χ0) is 15.7. The molecule has 1 fully saturated rings. The lowest BCUT2D eigenvalue weighted by molar-refractivity contribution is 0.0236. The molecule has 1 N–H and O–H groups in total. The van der Waals surface area contributed by atoms with Gasteiger partial charge in [-0.3, -0.25) is 4.90 Å². The second-order valence-electron chi connectivity index (χ2n) is 6.41. The minimum atomic E-state index is 0.0668. The van der Waals surface area contributed by atoms with Gasteiger partial charge in [-0.15, -0.1) is 0 Å². The van der Waals surface area contributed by atoms with E-state index in [1.807, 2.05) is 6.07 Å². The molecule has 1 aliphatic rings. The van der Waals surface area contributed by atoms with Crippen molar-refractivity contribution in [2.45, 2.75) is 25.7 Å². The molecule has 2 rings (SSSR count). The molecule has 0 bridgehead atoms. The van der Waals surface area contributed by atoms with Gasteiger partial charge in [-0.25, -0.2) is 0 Å². The fraction of sp³-hybridized carbons (Fsp3) is 0.579. The van der Waals surface area contributed by atoms with Crippen molar-refractivity contribution in [1.82, 2.24) is 4.90 Å². The molecule has 0 saturated carbocycles. The topological polar surface area (TPSA) is 32.7 Å². The number of piperidine rings is 1. The fourth-order valence-corrected chi connectivity index (χ4v) is 3.37. The Labute approximate surface area is 134 Å². The first kappa shape index (κ1) is 17.2. The zero-order valence-electron chi connectivity index (χ0n) is 13.7. The van der Waals surface area contributed by atoms with Gasteiger partial charge in [0.25, 0.3) is 0 Å². The highest BCUT2D eigenvalue weighted by Gasteiger charge is 2.33. The molecule has 0 amide bonds. The van der Waals surface area contributed by atoms with Gasteiger partial charge in [-0.1, -0.05) is 42.5 Å². The molecule has 1 aliphatic heterocycles. The second kappa shape index (κ2) is 9.09. The normalized spacial score (nSPS) is 23.2. The number of ether oxygens (including phenoxy) is 1. The highest BCUT2D eigenvalue weighted by molar-refractivity contribution is 5.48. The summed E-state index contributed by atoms with van der Waals surface area (Å²) in [7, 11) is 1.74. The minimum Gasteiger partial charge on any atom is -0.396 e. The van der Waals surface area contributed by atoms with Crippen LogP contribution in [0.4, 0.5) is 0 Å². The third-order valence-corrected chi connectivity index (χ3v) is 4.60. The summed E-state index contributed by atoms with van der Waals surface area (Å²) in [5.74, 6) is 0. The Bertz CT molecular complexity index is 446. The summed E-state index contributed by atoms with van der Waals surface area (Å²) < 4.78 is 5.16. The summed E-state index contributed by atoms with van der Waals surface area (Å²) in [4.78, 5) is 2.46. The van der Waals surface area contributed by atoms with Gasteiger partial charge in [-0.05, 0) is 37.8 Å². The molecule has 1 aromatic rings. The van der Waals surface area contributed by atoms with Crippen molar-refractivity contribution < 1.29 is 9.84 Å². The Kier molecular flexibility index (Phi) is 7.10. The highest BCUT2D eigenvalue weighted by Crippen LogP contribution is 2.34. The Balaban J connectivity index is 1.85. The monoisotopic (exact) mass is 303 g/mol. The van der Waals surface area contributed by atoms with Crippen molar-refractivity contribution in [3.05, 3.63) is 42.0 Å². The highest BCUT2D eigenvalue weighted by atomic mass is 16.5. The third-order valence-electron chi connectivity index (χ3n) is 4.60. The Morgan fingerprint density at radius 3 is 2.86 bits per heavy atom. The van der Waals surface area contributed by atoms with Crippen molar-refractivity contribution >= 4 is 6.08 Å². The lowest BCUT2D eigenvalue weighted by atomic mass is 9.77. The Hall–Kier alpha value is -1.16. The number of benzene rings is 1. The molecule has 1 atom stereocenters. The lowest BCUT2D eigenvalue weighted by Crippen LogP contribution is -2.45. The van der Waals surface area contributed by atoms with Crippen LogP contribution in [-0.2, 0) is 4.74 Å². The van der Waals surface area contributed by atoms with E-state index in [-0.39, 0.29) is 12.0 Å². The van der Waals surface area contributed by atoms with Gasteiger partial charge in [0, 0.05) is 38.8 Å². The smallest absolute Gasteiger partial charge is 0.0499 e. The third kappa shape index (κ3) is 5.24. The van der Waals surface area contributed by atoms with Crippen LogP contribution < -0.4 is 0 Å². The number of rotatable bonds is 8. The van der Waals surface area contributed by atoms with Crippen molar-refractivity contribution in [3.8, 4) is 0 Å². The largest absolute Gasteiger partial charge is 0.396 e. The first-order valence-electron chi connectivity index (χ1n) is 8.32. The lowest BCUT2D eigenvalue weighted by Gasteiger charge is -2.41. The minimum absolute atomic E-state index is 0.0668. The molecule has 0 unspecified atom stereocenters. The van der Waals surface area contributed by atoms with Gasteiger partial charge in [0.15, 0.2) is 0 Å². The molecular formula is C19H29NO2. The van der Waals surface area contributed by atoms with Gasteiger partial charge in [0.1, 0.15) is 0 Å². The standard InChI is InChI=1S/C19H29NO2/c1-22-15-7-12-19(17-21)11-6-14-20(16-19)13-5-10-18-8-3-2-4-9-18/h2-5,8-10,21H,6-7,11-17H2,1H3/b10-5+/t19-/m1/s1. The van der Waals surface area contributed by atoms with Crippen LogP contribution in [-0.4, -0.2) is 50.0 Å². The molecule has 0 spiro atoms. The van der Waals surface area contributed by atoms with Crippen LogP contribution in [0.5, 0.6) is 0 Å². The van der Waals surface area contributed by atoms with Gasteiger partial charge < -0.3 is 9.84 Å². The predicted molar refractivity (Wildman–Crippen MR) is 91.8 cm³/mol. The fourth-order valence-electron chi connectivity index (χ4n) is 3.37. The number of hydrogen-bond donors (Lipinski definition) is 1. The van der Waals surface area contributed by atoms with Crippen molar-refractivity contribution in [2.24, 2.45) is 5.41 Å². The van der Waals surface area contributed by atoms with E-state index in [0.717, 1.165) is 45.5 Å². The Morgan fingerprint density at radius 1 is 1.32 bits per heavy atom. The van der Waals surface area contributed by atoms with Crippen LogP contribution in [0.2, 0.25) is 0 Å². The average Bonchev–Trinajstić information content (AvgIpc) is 2.56. The van der Waals surface area contributed by atoms with E-state index >= 15 is 0 Å². The first-order chi connectivity index (χ1) is 10.8. The van der Waals surface area contributed by atoms with E-state index in [4.69, 9.17) is 4.74 Å². The first-order valence-corrected chi connectivity index (χ1v) is 8.32. The molecule has 0 aliphatic carbocycles. The van der Waals surface area contributed by atoms with E-state index in [1.165, 1.54) is 12.0 Å². The van der Waals surface area contributed by atoms with Gasteiger partial charge in [-0.2, -0.15) is 0 Å². The number of methoxy groups -OCH3 is 1. The summed E-state index contributed by atoms with van der Waals surface area (Å²) >= 11 is 0. The van der Waals surface area contributed by atoms with Crippen LogP contribution in [0.3, 0.4) is 0 Å². The quantitative estimate of drug-likeness (QED) is 0.749. The zero-order valence-corrected chi connectivity index (χ0v) is 13.7. The van der Waals surface area contributed by atoms with E-state index in [0.29, 0.717) is 0 Å². The SMILES string of the molecule is COCCC[C@]1(CO)CCCN(C/C=C/c2ccccc2)C1. The second-order valence-corrected chi connectivity index (χ2v) is 6.41. The van der Waals surface area contributed by atoms with Crippen molar-refractivity contribution in [3.63, 3.8) is 0 Å². The molecule has 22 heavy (non-hydrogen) atoms. The number of nitrogens with zero attached hydrogens (tertiary/aromatic N) is 1. The molecule has 0 aromatic heterocycles. The summed E-state index contributed by atoms with van der Waals surface area (Å²) in [6.07, 6.45) is 8.80. The number of aliphatic hydroxyl groups is 1. The van der Waals surface area contributed by atoms with Gasteiger partial charge in [0.05, 0.1) is 0 Å². The maximum atomic E-state index is 9.88. The van der Waals surface area contributed by atoms with Gasteiger partial charge in [0.2, 0.25) is 0 Å². The summed E-state index contributed by atoms with van der Waals surface area (Å²) in [5.41, 5.74) is 1.31. The molecule has 1 heterocycles. The van der Waals surface area contributed by atoms with Crippen LogP contribution >= 0.6 is 0 Å². The van der Waals surface area contributed by atoms with E-state index in [1.54, 1.807) is 7.11 Å². The number of likely N-dealkylation sites (tertiary alicyclic amines) is 1. The van der Waals surface area contributed by atoms with Crippen LogP contribution in [0.1, 0.15) is 31.2 Å². The predicted octanol–water partition coefficient (Wildman–Crippen LogP) is 3.20. The maximum absolute atomic E-state index is 9.88. The van der Waals surface area contributed by atoms with E-state index in [2.05, 4.69) is 41.3 Å². The molecule has 1 saturated heterocycles. The molecular weight excluding hydrogens is 274 g/mol. The summed E-state index contributed by atoms with van der Waals surface area (Å²) in [6, 6.07) is 10.4. The van der Waals surface area contributed by atoms with Crippen LogP contribution in [0.15, 0.2) is 36.4 Å². The van der Waals surface area contributed by atoms with Crippen molar-refractivity contribution in [1.29, 1.82) is 0 Å². The van der Waals surface area contributed by atoms with Crippen LogP contribution in [0, 0.1) is 5.41 Å². The number of hydrogen-bond acceptors (Lipinski definition) is 3. The van der Waals surface area contributed by atoms with Gasteiger partial charge >= 0.3 is 0 Å². The molecule has 3 heteroatoms. The molecule has 1 aromatic carbocycles. The maximum Gasteiger partial charge on any atom is 0.0499 e. The van der Waals surface area contributed by atoms with Crippen molar-refractivity contribution in [2.75, 3.05) is 40.0 Å². The van der Waals surface area contributed by atoms with Crippen LogP contribution in [0.25, 0.3) is 6.08 Å². The average molecular weight is 303 g/mol. The molecule has 3 nitrogen and oxygen atoms in total. The molecule has 122 valence electrons. The van der Waals surface area contributed by atoms with E-state index < -0.39 is 0 Å². The summed E-state index contributed by atoms with van der Waals surface area (Å²) in [5, 5.41) is 9.88. The molecule has 0 radical (unpaired) electrons.